The molecule has 0 unspecified atom stereocenters. The fourth-order valence-electron chi connectivity index (χ4n) is 0.880. The fourth-order valence-corrected chi connectivity index (χ4v) is 0.880. The molecule has 0 aliphatic heterocycles. The van der Waals surface area contributed by atoms with Crippen LogP contribution in [0.4, 0.5) is 0 Å². The second-order valence-corrected chi connectivity index (χ2v) is 2.73. The van der Waals surface area contributed by atoms with Crippen LogP contribution in [0, 0.1) is 11.3 Å². The zero-order valence-corrected chi connectivity index (χ0v) is 8.03. The molecule has 0 atom stereocenters. The summed E-state index contributed by atoms with van der Waals surface area (Å²) >= 11 is 0. The zero-order chi connectivity index (χ0) is 10.2. The third kappa shape index (κ3) is 3.28. The van der Waals surface area contributed by atoms with E-state index in [1.807, 2.05) is 19.1 Å². The Morgan fingerprint density at radius 2 is 2.21 bits per heavy atom. The molecule has 0 N–H and O–H groups in total. The summed E-state index contributed by atoms with van der Waals surface area (Å²) in [6, 6.07) is 9.09. The van der Waals surface area contributed by atoms with Crippen LogP contribution in [0.3, 0.4) is 0 Å². The summed E-state index contributed by atoms with van der Waals surface area (Å²) in [6.45, 7) is 2.59. The Labute approximate surface area is 83.6 Å². The van der Waals surface area contributed by atoms with Crippen LogP contribution in [0.2, 0.25) is 0 Å². The average Bonchev–Trinajstić information content (AvgIpc) is 2.25. The van der Waals surface area contributed by atoms with Gasteiger partial charge in [0.15, 0.2) is 0 Å². The number of benzene rings is 1. The van der Waals surface area contributed by atoms with Gasteiger partial charge < -0.3 is 4.84 Å². The van der Waals surface area contributed by atoms with Crippen molar-refractivity contribution in [2.75, 3.05) is 6.61 Å². The molecule has 0 saturated carbocycles. The van der Waals surface area contributed by atoms with E-state index in [1.165, 1.54) is 0 Å². The first-order valence-corrected chi connectivity index (χ1v) is 4.45. The van der Waals surface area contributed by atoms with Gasteiger partial charge in [-0.15, -0.1) is 0 Å². The van der Waals surface area contributed by atoms with E-state index < -0.39 is 0 Å². The Morgan fingerprint density at radius 1 is 1.43 bits per heavy atom. The molecule has 1 radical (unpaired) electrons. The largest absolute Gasteiger partial charge is 0.395 e. The summed E-state index contributed by atoms with van der Waals surface area (Å²) in [5, 5.41) is 12.3. The van der Waals surface area contributed by atoms with E-state index in [0.29, 0.717) is 12.2 Å². The van der Waals surface area contributed by atoms with Crippen molar-refractivity contribution < 1.29 is 4.84 Å². The van der Waals surface area contributed by atoms with E-state index in [-0.39, 0.29) is 0 Å². The lowest BCUT2D eigenvalue weighted by molar-refractivity contribution is 0.146. The number of nitrogens with zero attached hydrogens (tertiary/aromatic N) is 2. The third-order valence-electron chi connectivity index (χ3n) is 1.53. The third-order valence-corrected chi connectivity index (χ3v) is 1.53. The minimum absolute atomic E-state index is 0.588. The molecule has 0 aliphatic carbocycles. The number of hydrogen-bond acceptors (Lipinski definition) is 3. The van der Waals surface area contributed by atoms with Crippen LogP contribution in [0.5, 0.6) is 0 Å². The van der Waals surface area contributed by atoms with Gasteiger partial charge >= 0.3 is 0 Å². The molecule has 0 aliphatic rings. The Balaban J connectivity index is 2.59. The van der Waals surface area contributed by atoms with Crippen LogP contribution in [0.1, 0.15) is 24.5 Å². The number of rotatable bonds is 4. The summed E-state index contributed by atoms with van der Waals surface area (Å²) in [4.78, 5) is 4.89. The van der Waals surface area contributed by atoms with E-state index in [9.17, 15) is 0 Å². The van der Waals surface area contributed by atoms with Crippen LogP contribution in [-0.2, 0) is 4.84 Å². The van der Waals surface area contributed by atoms with E-state index in [1.54, 1.807) is 18.2 Å². The molecule has 0 heterocycles. The van der Waals surface area contributed by atoms with Crippen molar-refractivity contribution in [1.82, 2.24) is 0 Å². The molecule has 1 aromatic rings. The van der Waals surface area contributed by atoms with Crippen molar-refractivity contribution in [3.63, 3.8) is 0 Å². The maximum absolute atomic E-state index is 8.63. The predicted octanol–water partition coefficient (Wildman–Crippen LogP) is 2.20. The average molecular weight is 187 g/mol. The van der Waals surface area contributed by atoms with Crippen LogP contribution in [-0.4, -0.2) is 12.8 Å². The van der Waals surface area contributed by atoms with Crippen molar-refractivity contribution >= 4 is 6.21 Å². The molecule has 0 saturated heterocycles. The number of hydrogen-bond donors (Lipinski definition) is 0. The van der Waals surface area contributed by atoms with Gasteiger partial charge in [0, 0.05) is 5.56 Å². The van der Waals surface area contributed by atoms with Crippen LogP contribution >= 0.6 is 0 Å². The minimum Gasteiger partial charge on any atom is -0.395 e. The van der Waals surface area contributed by atoms with Gasteiger partial charge in [0.2, 0.25) is 0 Å². The maximum atomic E-state index is 8.63. The van der Waals surface area contributed by atoms with Crippen molar-refractivity contribution in [3.8, 4) is 6.07 Å². The second-order valence-electron chi connectivity index (χ2n) is 2.73. The SMILES string of the molecule is CCCO/N=[C]\c1cccc(C#N)c1. The molecule has 3 heteroatoms. The van der Waals surface area contributed by atoms with Crippen molar-refractivity contribution in [2.24, 2.45) is 5.16 Å². The Kier molecular flexibility index (Phi) is 4.22. The molecule has 1 rings (SSSR count). The molecule has 0 aromatic heterocycles. The summed E-state index contributed by atoms with van der Waals surface area (Å²) in [6.07, 6.45) is 3.63. The highest BCUT2D eigenvalue weighted by molar-refractivity contribution is 5.79. The summed E-state index contributed by atoms with van der Waals surface area (Å²) in [7, 11) is 0. The molecule has 14 heavy (non-hydrogen) atoms. The molecule has 0 bridgehead atoms. The van der Waals surface area contributed by atoms with Crippen molar-refractivity contribution in [1.29, 1.82) is 5.26 Å². The Morgan fingerprint density at radius 3 is 2.93 bits per heavy atom. The summed E-state index contributed by atoms with van der Waals surface area (Å²) < 4.78 is 0. The maximum Gasteiger partial charge on any atom is 0.139 e. The predicted molar refractivity (Wildman–Crippen MR) is 53.9 cm³/mol. The van der Waals surface area contributed by atoms with Gasteiger partial charge in [-0.3, -0.25) is 0 Å². The van der Waals surface area contributed by atoms with E-state index >= 15 is 0 Å². The monoisotopic (exact) mass is 187 g/mol. The quantitative estimate of drug-likeness (QED) is 0.412. The van der Waals surface area contributed by atoms with Crippen LogP contribution in [0.25, 0.3) is 0 Å². The molecule has 0 fully saturated rings. The second kappa shape index (κ2) is 5.76. The van der Waals surface area contributed by atoms with Gasteiger partial charge in [-0.2, -0.15) is 5.26 Å². The first-order chi connectivity index (χ1) is 6.86. The van der Waals surface area contributed by atoms with Gasteiger partial charge in [-0.1, -0.05) is 24.2 Å². The fraction of sp³-hybridized carbons (Fsp3) is 0.273. The number of nitriles is 1. The Hall–Kier alpha value is -1.82. The van der Waals surface area contributed by atoms with Gasteiger partial charge in [0.05, 0.1) is 11.6 Å². The van der Waals surface area contributed by atoms with E-state index in [4.69, 9.17) is 10.1 Å². The standard InChI is InChI=1S/C11H11N2O/c1-2-6-14-13-9-11-5-3-4-10(7-11)8-12/h3-5,7H,2,6H2,1H3. The lowest BCUT2D eigenvalue weighted by atomic mass is 10.1. The smallest absolute Gasteiger partial charge is 0.139 e. The van der Waals surface area contributed by atoms with Gasteiger partial charge in [0.25, 0.3) is 0 Å². The van der Waals surface area contributed by atoms with E-state index in [0.717, 1.165) is 12.0 Å². The normalized spacial score (nSPS) is 10.0. The summed E-state index contributed by atoms with van der Waals surface area (Å²) in [5.41, 5.74) is 1.35. The molecule has 71 valence electrons. The molecular weight excluding hydrogens is 176 g/mol. The summed E-state index contributed by atoms with van der Waals surface area (Å²) in [5.74, 6) is 0. The van der Waals surface area contributed by atoms with Gasteiger partial charge in [-0.05, 0) is 18.6 Å². The molecule has 1 aromatic carbocycles. The first-order valence-electron chi connectivity index (χ1n) is 4.45. The molecule has 0 amide bonds. The molecule has 0 spiro atoms. The lowest BCUT2D eigenvalue weighted by Crippen LogP contribution is -1.87. The highest BCUT2D eigenvalue weighted by Gasteiger charge is 1.91. The van der Waals surface area contributed by atoms with Gasteiger partial charge in [-0.25, -0.2) is 0 Å². The van der Waals surface area contributed by atoms with Crippen molar-refractivity contribution in [2.45, 2.75) is 13.3 Å². The zero-order valence-electron chi connectivity index (χ0n) is 8.03. The van der Waals surface area contributed by atoms with Gasteiger partial charge in [0.1, 0.15) is 12.8 Å². The van der Waals surface area contributed by atoms with Crippen molar-refractivity contribution in [3.05, 3.63) is 35.4 Å². The first kappa shape index (κ1) is 10.3. The van der Waals surface area contributed by atoms with Crippen LogP contribution < -0.4 is 0 Å². The Bertz CT molecular complexity index is 353. The van der Waals surface area contributed by atoms with Crippen LogP contribution in [0.15, 0.2) is 29.4 Å². The van der Waals surface area contributed by atoms with E-state index in [2.05, 4.69) is 11.4 Å². The highest BCUT2D eigenvalue weighted by Crippen LogP contribution is 2.01. The lowest BCUT2D eigenvalue weighted by Gasteiger charge is -1.94. The topological polar surface area (TPSA) is 45.4 Å². The highest BCUT2D eigenvalue weighted by atomic mass is 16.6. The molecular formula is C11H11N2O. The minimum atomic E-state index is 0.588. The molecule has 3 nitrogen and oxygen atoms in total.